The summed E-state index contributed by atoms with van der Waals surface area (Å²) in [5, 5.41) is 0. The van der Waals surface area contributed by atoms with Crippen molar-refractivity contribution in [2.45, 2.75) is 45.1 Å². The summed E-state index contributed by atoms with van der Waals surface area (Å²) >= 11 is 0. The zero-order valence-corrected chi connectivity index (χ0v) is 12.6. The smallest absolute Gasteiger partial charge is 0.410 e. The molecule has 0 unspecified atom stereocenters. The predicted octanol–water partition coefficient (Wildman–Crippen LogP) is 3.80. The van der Waals surface area contributed by atoms with Crippen LogP contribution >= 0.6 is 0 Å². The minimum atomic E-state index is -0.397. The molecule has 1 aromatic rings. The second-order valence-electron chi connectivity index (χ2n) is 7.35. The lowest BCUT2D eigenvalue weighted by molar-refractivity contribution is -0.0786. The van der Waals surface area contributed by atoms with Gasteiger partial charge in [-0.15, -0.1) is 0 Å². The maximum Gasteiger partial charge on any atom is 0.410 e. The van der Waals surface area contributed by atoms with Gasteiger partial charge in [-0.1, -0.05) is 30.3 Å². The summed E-state index contributed by atoms with van der Waals surface area (Å²) < 4.78 is 5.40. The minimum absolute atomic E-state index is 0.161. The Morgan fingerprint density at radius 3 is 2.35 bits per heavy atom. The molecule has 3 rings (SSSR count). The Hall–Kier alpha value is -1.51. The number of likely N-dealkylation sites (tertiary alicyclic amines) is 1. The molecule has 0 radical (unpaired) electrons. The van der Waals surface area contributed by atoms with Gasteiger partial charge in [0.25, 0.3) is 0 Å². The third-order valence-electron chi connectivity index (χ3n) is 4.33. The van der Waals surface area contributed by atoms with E-state index < -0.39 is 5.60 Å². The average Bonchev–Trinajstić information content (AvgIpc) is 2.24. The van der Waals surface area contributed by atoms with Gasteiger partial charge in [-0.3, -0.25) is 0 Å². The number of carbonyl (C=O) groups is 1. The summed E-state index contributed by atoms with van der Waals surface area (Å²) in [5.74, 6) is 0.678. The van der Waals surface area contributed by atoms with Crippen molar-refractivity contribution in [3.63, 3.8) is 0 Å². The van der Waals surface area contributed by atoms with Crippen LogP contribution in [0.15, 0.2) is 30.3 Å². The highest BCUT2D eigenvalue weighted by atomic mass is 16.6. The molecule has 1 saturated carbocycles. The number of carbonyl (C=O) groups excluding carboxylic acids is 1. The van der Waals surface area contributed by atoms with Crippen molar-refractivity contribution >= 4 is 6.09 Å². The Morgan fingerprint density at radius 1 is 1.20 bits per heavy atom. The van der Waals surface area contributed by atoms with Crippen molar-refractivity contribution in [3.05, 3.63) is 35.9 Å². The fourth-order valence-corrected chi connectivity index (χ4v) is 3.42. The van der Waals surface area contributed by atoms with Gasteiger partial charge in [0, 0.05) is 18.5 Å². The maximum atomic E-state index is 11.9. The average molecular weight is 273 g/mol. The lowest BCUT2D eigenvalue weighted by Gasteiger charge is -2.58. The van der Waals surface area contributed by atoms with Gasteiger partial charge in [0.05, 0.1) is 0 Å². The molecule has 20 heavy (non-hydrogen) atoms. The highest BCUT2D eigenvalue weighted by Gasteiger charge is 2.54. The van der Waals surface area contributed by atoms with Gasteiger partial charge in [0.2, 0.25) is 0 Å². The van der Waals surface area contributed by atoms with E-state index in [1.807, 2.05) is 25.7 Å². The fraction of sp³-hybridized carbons (Fsp3) is 0.588. The van der Waals surface area contributed by atoms with Gasteiger partial charge < -0.3 is 9.64 Å². The molecule has 0 N–H and O–H groups in total. The molecule has 1 aromatic carbocycles. The molecule has 1 saturated heterocycles. The third-order valence-corrected chi connectivity index (χ3v) is 4.33. The van der Waals surface area contributed by atoms with Gasteiger partial charge in [-0.25, -0.2) is 4.79 Å². The SMILES string of the molecule is CC(C)(C)OC(=O)N1CC2(CC(c3ccccc3)C2)C1. The van der Waals surface area contributed by atoms with E-state index in [-0.39, 0.29) is 6.09 Å². The molecule has 2 aliphatic rings. The van der Waals surface area contributed by atoms with Crippen LogP contribution in [-0.2, 0) is 4.74 Å². The highest BCUT2D eigenvalue weighted by molar-refractivity contribution is 5.69. The summed E-state index contributed by atoms with van der Waals surface area (Å²) in [6.45, 7) is 7.47. The molecule has 0 atom stereocenters. The van der Waals surface area contributed by atoms with Gasteiger partial charge in [-0.05, 0) is 45.1 Å². The first-order valence-corrected chi connectivity index (χ1v) is 7.40. The Kier molecular flexibility index (Phi) is 3.03. The zero-order chi connectivity index (χ0) is 14.4. The number of ether oxygens (including phenoxy) is 1. The van der Waals surface area contributed by atoms with E-state index in [1.54, 1.807) is 0 Å². The van der Waals surface area contributed by atoms with Gasteiger partial charge >= 0.3 is 6.09 Å². The van der Waals surface area contributed by atoms with Crippen LogP contribution in [-0.4, -0.2) is 29.7 Å². The lowest BCUT2D eigenvalue weighted by atomic mass is 9.56. The van der Waals surface area contributed by atoms with Gasteiger partial charge in [0.15, 0.2) is 0 Å². The number of nitrogens with zero attached hydrogens (tertiary/aromatic N) is 1. The lowest BCUT2D eigenvalue weighted by Crippen LogP contribution is -2.63. The molecule has 3 heteroatoms. The first-order chi connectivity index (χ1) is 9.37. The number of hydrogen-bond acceptors (Lipinski definition) is 2. The van der Waals surface area contributed by atoms with Crippen molar-refractivity contribution in [2.24, 2.45) is 5.41 Å². The summed E-state index contributed by atoms with van der Waals surface area (Å²) in [4.78, 5) is 13.8. The molecule has 0 bridgehead atoms. The Bertz CT molecular complexity index is 489. The van der Waals surface area contributed by atoms with E-state index in [0.717, 1.165) is 13.1 Å². The summed E-state index contributed by atoms with van der Waals surface area (Å²) in [6.07, 6.45) is 2.25. The molecule has 1 aliphatic carbocycles. The zero-order valence-electron chi connectivity index (χ0n) is 12.6. The quantitative estimate of drug-likeness (QED) is 0.779. The second kappa shape index (κ2) is 4.51. The number of benzene rings is 1. The number of rotatable bonds is 1. The molecule has 1 amide bonds. The molecule has 0 aromatic heterocycles. The monoisotopic (exact) mass is 273 g/mol. The standard InChI is InChI=1S/C17H23NO2/c1-16(2,3)20-15(19)18-11-17(12-18)9-14(10-17)13-7-5-4-6-8-13/h4-8,14H,9-12H2,1-3H3. The van der Waals surface area contributed by atoms with Crippen LogP contribution in [0.4, 0.5) is 4.79 Å². The Balaban J connectivity index is 1.49. The molecule has 3 nitrogen and oxygen atoms in total. The van der Waals surface area contributed by atoms with Crippen molar-refractivity contribution in [1.82, 2.24) is 4.90 Å². The molecule has 2 fully saturated rings. The van der Waals surface area contributed by atoms with Crippen LogP contribution in [0, 0.1) is 5.41 Å². The van der Waals surface area contributed by atoms with E-state index in [9.17, 15) is 4.79 Å². The van der Waals surface area contributed by atoms with E-state index in [2.05, 4.69) is 30.3 Å². The molecular weight excluding hydrogens is 250 g/mol. The summed E-state index contributed by atoms with van der Waals surface area (Å²) in [5.41, 5.74) is 1.41. The Labute approximate surface area is 120 Å². The van der Waals surface area contributed by atoms with Crippen LogP contribution in [0.3, 0.4) is 0 Å². The summed E-state index contributed by atoms with van der Waals surface area (Å²) in [7, 11) is 0. The number of amides is 1. The predicted molar refractivity (Wildman–Crippen MR) is 78.7 cm³/mol. The molecule has 1 spiro atoms. The van der Waals surface area contributed by atoms with E-state index in [1.165, 1.54) is 18.4 Å². The molecule has 1 heterocycles. The van der Waals surface area contributed by atoms with Gasteiger partial charge in [-0.2, -0.15) is 0 Å². The van der Waals surface area contributed by atoms with Crippen molar-refractivity contribution in [2.75, 3.05) is 13.1 Å². The maximum absolute atomic E-state index is 11.9. The second-order valence-corrected chi connectivity index (χ2v) is 7.35. The molecule has 108 valence electrons. The molecular formula is C17H23NO2. The normalized spacial score (nSPS) is 21.2. The highest BCUT2D eigenvalue weighted by Crippen LogP contribution is 2.56. The van der Waals surface area contributed by atoms with E-state index in [4.69, 9.17) is 4.74 Å². The topological polar surface area (TPSA) is 29.5 Å². The largest absolute Gasteiger partial charge is 0.444 e. The van der Waals surface area contributed by atoms with E-state index >= 15 is 0 Å². The van der Waals surface area contributed by atoms with Crippen LogP contribution in [0.5, 0.6) is 0 Å². The first-order valence-electron chi connectivity index (χ1n) is 7.40. The van der Waals surface area contributed by atoms with E-state index in [0.29, 0.717) is 11.3 Å². The summed E-state index contributed by atoms with van der Waals surface area (Å²) in [6, 6.07) is 10.7. The minimum Gasteiger partial charge on any atom is -0.444 e. The Morgan fingerprint density at radius 2 is 1.80 bits per heavy atom. The van der Waals surface area contributed by atoms with Crippen LogP contribution in [0.25, 0.3) is 0 Å². The van der Waals surface area contributed by atoms with Gasteiger partial charge in [0.1, 0.15) is 5.60 Å². The van der Waals surface area contributed by atoms with Crippen LogP contribution in [0.2, 0.25) is 0 Å². The third kappa shape index (κ3) is 2.54. The van der Waals surface area contributed by atoms with Crippen LogP contribution < -0.4 is 0 Å². The van der Waals surface area contributed by atoms with Crippen molar-refractivity contribution in [3.8, 4) is 0 Å². The van der Waals surface area contributed by atoms with Crippen LogP contribution in [0.1, 0.15) is 45.1 Å². The number of hydrogen-bond donors (Lipinski definition) is 0. The fourth-order valence-electron chi connectivity index (χ4n) is 3.42. The van der Waals surface area contributed by atoms with Crippen molar-refractivity contribution in [1.29, 1.82) is 0 Å². The first kappa shape index (κ1) is 13.5. The van der Waals surface area contributed by atoms with Crippen molar-refractivity contribution < 1.29 is 9.53 Å². The molecule has 1 aliphatic heterocycles.